The Morgan fingerprint density at radius 1 is 0.375 bits per heavy atom. The molecule has 0 radical (unpaired) electrons. The van der Waals surface area contributed by atoms with Crippen LogP contribution in [0.5, 0.6) is 0 Å². The molecular weight excluding hydrogens is 480 g/mol. The molecule has 7 aromatic carbocycles. The van der Waals surface area contributed by atoms with Crippen LogP contribution in [-0.2, 0) is 0 Å². The van der Waals surface area contributed by atoms with Gasteiger partial charge in [0.2, 0.25) is 0 Å². The minimum atomic E-state index is 0.454. The molecule has 0 bridgehead atoms. The quantitative estimate of drug-likeness (QED) is 0.205. The molecule has 0 aromatic heterocycles. The SMILES string of the molecule is C1=CC2c3cccc4c(-c5ccc6ccc(-c7cc8ccccc8c8ccccc78)cc6c5)ccc(c34)C2C=C1. The van der Waals surface area contributed by atoms with Crippen molar-refractivity contribution in [2.24, 2.45) is 0 Å². The van der Waals surface area contributed by atoms with Crippen molar-refractivity contribution in [3.63, 3.8) is 0 Å². The highest BCUT2D eigenvalue weighted by atomic mass is 14.4. The summed E-state index contributed by atoms with van der Waals surface area (Å²) in [6.07, 6.45) is 9.14. The molecule has 7 aromatic rings. The Labute approximate surface area is 233 Å². The average Bonchev–Trinajstić information content (AvgIpc) is 3.35. The van der Waals surface area contributed by atoms with Gasteiger partial charge >= 0.3 is 0 Å². The molecule has 2 aliphatic carbocycles. The lowest BCUT2D eigenvalue weighted by molar-refractivity contribution is 0.769. The topological polar surface area (TPSA) is 0 Å². The largest absolute Gasteiger partial charge is 0.0761 e. The van der Waals surface area contributed by atoms with E-state index >= 15 is 0 Å². The first kappa shape index (κ1) is 21.9. The van der Waals surface area contributed by atoms with Gasteiger partial charge in [0, 0.05) is 11.8 Å². The number of fused-ring (bicyclic) bond motifs is 7. The van der Waals surface area contributed by atoms with Crippen LogP contribution < -0.4 is 0 Å². The first-order chi connectivity index (χ1) is 19.8. The van der Waals surface area contributed by atoms with Gasteiger partial charge in [-0.25, -0.2) is 0 Å². The average molecular weight is 507 g/mol. The van der Waals surface area contributed by atoms with Crippen molar-refractivity contribution in [2.45, 2.75) is 11.8 Å². The van der Waals surface area contributed by atoms with Gasteiger partial charge in [-0.2, -0.15) is 0 Å². The Bertz CT molecular complexity index is 2200. The smallest absolute Gasteiger partial charge is 0.0131 e. The second kappa shape index (κ2) is 8.28. The van der Waals surface area contributed by atoms with Crippen LogP contribution in [0.15, 0.2) is 146 Å². The van der Waals surface area contributed by atoms with Crippen LogP contribution in [0.4, 0.5) is 0 Å². The molecule has 0 nitrogen and oxygen atoms in total. The Balaban J connectivity index is 1.23. The standard InChI is InChI=1S/C40H26/c1-2-9-30-26(8-1)24-39(35-13-6-3-10-32(30)35)28-19-17-25-16-18-27(22-29(25)23-28)31-20-21-38-34-12-5-4-11-33(34)37-15-7-14-36(31)40(37)38/h1-24,33-34H. The molecule has 186 valence electrons. The molecule has 0 N–H and O–H groups in total. The highest BCUT2D eigenvalue weighted by Gasteiger charge is 2.32. The first-order valence-electron chi connectivity index (χ1n) is 14.2. The molecule has 2 unspecified atom stereocenters. The fraction of sp³-hybridized carbons (Fsp3) is 0.0500. The fourth-order valence-corrected chi connectivity index (χ4v) is 7.35. The van der Waals surface area contributed by atoms with E-state index in [1.165, 1.54) is 76.5 Å². The van der Waals surface area contributed by atoms with Gasteiger partial charge in [0.1, 0.15) is 0 Å². The fourth-order valence-electron chi connectivity index (χ4n) is 7.35. The molecular formula is C40H26. The normalized spacial score (nSPS) is 17.3. The van der Waals surface area contributed by atoms with E-state index in [4.69, 9.17) is 0 Å². The molecule has 0 spiro atoms. The maximum atomic E-state index is 2.38. The van der Waals surface area contributed by atoms with Crippen molar-refractivity contribution in [3.05, 3.63) is 157 Å². The van der Waals surface area contributed by atoms with Crippen LogP contribution in [0.3, 0.4) is 0 Å². The molecule has 0 saturated carbocycles. The minimum absolute atomic E-state index is 0.454. The Morgan fingerprint density at radius 2 is 1.02 bits per heavy atom. The Kier molecular flexibility index (Phi) is 4.54. The zero-order valence-corrected chi connectivity index (χ0v) is 22.0. The molecule has 0 aliphatic heterocycles. The van der Waals surface area contributed by atoms with Gasteiger partial charge in [0.25, 0.3) is 0 Å². The van der Waals surface area contributed by atoms with Gasteiger partial charge in [0.05, 0.1) is 0 Å². The molecule has 0 saturated heterocycles. The number of hydrogen-bond donors (Lipinski definition) is 0. The number of benzene rings is 7. The van der Waals surface area contributed by atoms with E-state index in [2.05, 4.69) is 146 Å². The molecule has 0 fully saturated rings. The summed E-state index contributed by atoms with van der Waals surface area (Å²) < 4.78 is 0. The minimum Gasteiger partial charge on any atom is -0.0761 e. The maximum Gasteiger partial charge on any atom is 0.0131 e. The van der Waals surface area contributed by atoms with E-state index in [1.807, 2.05) is 0 Å². The third-order valence-electron chi connectivity index (χ3n) is 9.19. The highest BCUT2D eigenvalue weighted by molar-refractivity contribution is 6.14. The molecule has 2 atom stereocenters. The van der Waals surface area contributed by atoms with Gasteiger partial charge in [-0.1, -0.05) is 127 Å². The monoisotopic (exact) mass is 506 g/mol. The van der Waals surface area contributed by atoms with Crippen LogP contribution in [-0.4, -0.2) is 0 Å². The summed E-state index contributed by atoms with van der Waals surface area (Å²) in [6, 6.07) is 45.3. The van der Waals surface area contributed by atoms with Gasteiger partial charge < -0.3 is 0 Å². The van der Waals surface area contributed by atoms with Crippen molar-refractivity contribution >= 4 is 43.1 Å². The van der Waals surface area contributed by atoms with Crippen molar-refractivity contribution < 1.29 is 0 Å². The highest BCUT2D eigenvalue weighted by Crippen LogP contribution is 2.51. The first-order valence-corrected chi connectivity index (χ1v) is 14.2. The van der Waals surface area contributed by atoms with Crippen LogP contribution >= 0.6 is 0 Å². The van der Waals surface area contributed by atoms with Gasteiger partial charge in [-0.05, 0) is 94.7 Å². The number of hydrogen-bond acceptors (Lipinski definition) is 0. The summed E-state index contributed by atoms with van der Waals surface area (Å²) in [4.78, 5) is 0. The van der Waals surface area contributed by atoms with Gasteiger partial charge in [-0.15, -0.1) is 0 Å². The van der Waals surface area contributed by atoms with E-state index in [9.17, 15) is 0 Å². The van der Waals surface area contributed by atoms with Crippen molar-refractivity contribution in [2.75, 3.05) is 0 Å². The Hall–Kier alpha value is -4.94. The predicted molar refractivity (Wildman–Crippen MR) is 171 cm³/mol. The molecule has 40 heavy (non-hydrogen) atoms. The third-order valence-corrected chi connectivity index (χ3v) is 9.19. The van der Waals surface area contributed by atoms with Crippen molar-refractivity contribution in [1.82, 2.24) is 0 Å². The number of rotatable bonds is 2. The number of allylic oxidation sites excluding steroid dienone is 4. The Morgan fingerprint density at radius 3 is 1.82 bits per heavy atom. The molecule has 0 amide bonds. The summed E-state index contributed by atoms with van der Waals surface area (Å²) in [5.74, 6) is 0.907. The van der Waals surface area contributed by atoms with Gasteiger partial charge in [-0.3, -0.25) is 0 Å². The van der Waals surface area contributed by atoms with Crippen LogP contribution in [0.25, 0.3) is 65.3 Å². The van der Waals surface area contributed by atoms with E-state index in [-0.39, 0.29) is 0 Å². The predicted octanol–water partition coefficient (Wildman–Crippen LogP) is 10.9. The maximum absolute atomic E-state index is 2.38. The van der Waals surface area contributed by atoms with E-state index in [1.54, 1.807) is 0 Å². The van der Waals surface area contributed by atoms with E-state index < -0.39 is 0 Å². The molecule has 2 aliphatic rings. The zero-order chi connectivity index (χ0) is 26.2. The lowest BCUT2D eigenvalue weighted by Gasteiger charge is -2.17. The van der Waals surface area contributed by atoms with Crippen molar-refractivity contribution in [1.29, 1.82) is 0 Å². The molecule has 0 heteroatoms. The summed E-state index contributed by atoms with van der Waals surface area (Å²) in [6.45, 7) is 0. The summed E-state index contributed by atoms with van der Waals surface area (Å²) in [5.41, 5.74) is 8.07. The van der Waals surface area contributed by atoms with E-state index in [0.29, 0.717) is 11.8 Å². The second-order valence-electron chi connectivity index (χ2n) is 11.3. The molecule has 0 heterocycles. The lowest BCUT2D eigenvalue weighted by atomic mass is 9.86. The summed E-state index contributed by atoms with van der Waals surface area (Å²) in [7, 11) is 0. The molecule has 9 rings (SSSR count). The van der Waals surface area contributed by atoms with E-state index in [0.717, 1.165) is 0 Å². The third kappa shape index (κ3) is 3.08. The van der Waals surface area contributed by atoms with Crippen LogP contribution in [0.1, 0.15) is 23.0 Å². The van der Waals surface area contributed by atoms with Crippen LogP contribution in [0.2, 0.25) is 0 Å². The second-order valence-corrected chi connectivity index (χ2v) is 11.3. The summed E-state index contributed by atoms with van der Waals surface area (Å²) in [5, 5.41) is 10.5. The van der Waals surface area contributed by atoms with Crippen LogP contribution in [0, 0.1) is 0 Å². The lowest BCUT2D eigenvalue weighted by Crippen LogP contribution is -2.01. The zero-order valence-electron chi connectivity index (χ0n) is 22.0. The van der Waals surface area contributed by atoms with Crippen molar-refractivity contribution in [3.8, 4) is 22.3 Å². The van der Waals surface area contributed by atoms with Gasteiger partial charge in [0.15, 0.2) is 0 Å². The summed E-state index contributed by atoms with van der Waals surface area (Å²) >= 11 is 0.